The SMILES string of the molecule is CC(=O)NC(C(=O)N1CC(=O)C2C1CCN2C(=O)C(CC(C)C)NC(=O)c1ccc(C(C)(C)C)cc1)C1CCCCC1. The van der Waals surface area contributed by atoms with E-state index in [-0.39, 0.29) is 53.2 Å². The normalized spacial score (nSPS) is 22.6. The lowest BCUT2D eigenvalue weighted by Crippen LogP contribution is -2.55. The highest BCUT2D eigenvalue weighted by atomic mass is 16.2. The number of nitrogens with one attached hydrogen (secondary N) is 2. The van der Waals surface area contributed by atoms with Gasteiger partial charge in [-0.2, -0.15) is 0 Å². The molecule has 3 aliphatic rings. The molecule has 1 aliphatic carbocycles. The van der Waals surface area contributed by atoms with Crippen LogP contribution in [0, 0.1) is 11.8 Å². The van der Waals surface area contributed by atoms with Gasteiger partial charge in [0.05, 0.1) is 12.6 Å². The van der Waals surface area contributed by atoms with E-state index in [1.54, 1.807) is 21.9 Å². The summed E-state index contributed by atoms with van der Waals surface area (Å²) >= 11 is 0. The molecule has 2 heterocycles. The van der Waals surface area contributed by atoms with Gasteiger partial charge in [-0.15, -0.1) is 0 Å². The predicted molar refractivity (Wildman–Crippen MR) is 161 cm³/mol. The number of Topliss-reactive ketones (excluding diaryl/α,β-unsaturated/α-hetero) is 1. The lowest BCUT2D eigenvalue weighted by Gasteiger charge is -2.34. The van der Waals surface area contributed by atoms with Crippen LogP contribution in [0.3, 0.4) is 0 Å². The monoisotopic (exact) mass is 580 g/mol. The fourth-order valence-electron chi connectivity index (χ4n) is 6.86. The van der Waals surface area contributed by atoms with E-state index in [9.17, 15) is 24.0 Å². The molecule has 1 saturated carbocycles. The number of ketones is 1. The van der Waals surface area contributed by atoms with Crippen LogP contribution in [0.5, 0.6) is 0 Å². The van der Waals surface area contributed by atoms with Crippen LogP contribution in [0.25, 0.3) is 0 Å². The molecule has 4 atom stereocenters. The number of amides is 4. The number of hydrogen-bond donors (Lipinski definition) is 2. The summed E-state index contributed by atoms with van der Waals surface area (Å²) in [6.45, 7) is 12.0. The highest BCUT2D eigenvalue weighted by Crippen LogP contribution is 2.34. The van der Waals surface area contributed by atoms with Crippen LogP contribution in [0.15, 0.2) is 24.3 Å². The molecular formula is C33H48N4O5. The first-order valence-electron chi connectivity index (χ1n) is 15.6. The molecule has 2 aliphatic heterocycles. The van der Waals surface area contributed by atoms with Crippen LogP contribution < -0.4 is 10.6 Å². The molecule has 0 aromatic heterocycles. The zero-order chi connectivity index (χ0) is 30.8. The fraction of sp³-hybridized carbons (Fsp3) is 0.667. The number of fused-ring (bicyclic) bond motifs is 1. The van der Waals surface area contributed by atoms with E-state index in [4.69, 9.17) is 0 Å². The van der Waals surface area contributed by atoms with E-state index in [0.717, 1.165) is 37.7 Å². The minimum Gasteiger partial charge on any atom is -0.344 e. The number of benzene rings is 1. The number of carbonyl (C=O) groups excluding carboxylic acids is 5. The number of rotatable bonds is 8. The Kier molecular flexibility index (Phi) is 9.78. The van der Waals surface area contributed by atoms with Gasteiger partial charge >= 0.3 is 0 Å². The molecule has 9 heteroatoms. The molecule has 0 spiro atoms. The van der Waals surface area contributed by atoms with Crippen molar-refractivity contribution in [2.45, 2.75) is 116 Å². The van der Waals surface area contributed by atoms with Crippen molar-refractivity contribution in [3.63, 3.8) is 0 Å². The maximum absolute atomic E-state index is 13.9. The Labute approximate surface area is 250 Å². The van der Waals surface area contributed by atoms with Crippen LogP contribution in [-0.4, -0.2) is 76.5 Å². The average molecular weight is 581 g/mol. The van der Waals surface area contributed by atoms with Crippen molar-refractivity contribution in [1.29, 1.82) is 0 Å². The molecule has 9 nitrogen and oxygen atoms in total. The lowest BCUT2D eigenvalue weighted by molar-refractivity contribution is -0.139. The summed E-state index contributed by atoms with van der Waals surface area (Å²) in [6.07, 6.45) is 5.82. The van der Waals surface area contributed by atoms with Gasteiger partial charge in [0.15, 0.2) is 5.78 Å². The van der Waals surface area contributed by atoms with E-state index in [1.807, 2.05) is 26.0 Å². The highest BCUT2D eigenvalue weighted by Gasteiger charge is 2.53. The molecule has 4 rings (SSSR count). The van der Waals surface area contributed by atoms with E-state index in [0.29, 0.717) is 24.9 Å². The van der Waals surface area contributed by atoms with Gasteiger partial charge in [0, 0.05) is 19.0 Å². The average Bonchev–Trinajstić information content (AvgIpc) is 3.51. The largest absolute Gasteiger partial charge is 0.344 e. The maximum atomic E-state index is 13.9. The summed E-state index contributed by atoms with van der Waals surface area (Å²) in [7, 11) is 0. The fourth-order valence-corrected chi connectivity index (χ4v) is 6.86. The third kappa shape index (κ3) is 7.04. The van der Waals surface area contributed by atoms with Crippen LogP contribution >= 0.6 is 0 Å². The first kappa shape index (κ1) is 31.7. The van der Waals surface area contributed by atoms with Gasteiger partial charge in [-0.25, -0.2) is 0 Å². The van der Waals surface area contributed by atoms with Gasteiger partial charge < -0.3 is 20.4 Å². The molecule has 2 N–H and O–H groups in total. The third-order valence-corrected chi connectivity index (χ3v) is 9.06. The van der Waals surface area contributed by atoms with Crippen molar-refractivity contribution >= 4 is 29.4 Å². The predicted octanol–water partition coefficient (Wildman–Crippen LogP) is 3.59. The summed E-state index contributed by atoms with van der Waals surface area (Å²) < 4.78 is 0. The molecule has 230 valence electrons. The summed E-state index contributed by atoms with van der Waals surface area (Å²) in [5.41, 5.74) is 1.54. The van der Waals surface area contributed by atoms with Crippen molar-refractivity contribution in [2.24, 2.45) is 11.8 Å². The van der Waals surface area contributed by atoms with Crippen LogP contribution in [-0.2, 0) is 24.6 Å². The Morgan fingerprint density at radius 2 is 1.55 bits per heavy atom. The van der Waals surface area contributed by atoms with Crippen molar-refractivity contribution in [3.05, 3.63) is 35.4 Å². The molecule has 4 amide bonds. The molecule has 42 heavy (non-hydrogen) atoms. The summed E-state index contributed by atoms with van der Waals surface area (Å²) in [4.78, 5) is 69.5. The Morgan fingerprint density at radius 1 is 0.905 bits per heavy atom. The van der Waals surface area contributed by atoms with Gasteiger partial charge in [-0.05, 0) is 60.6 Å². The molecule has 0 radical (unpaired) electrons. The third-order valence-electron chi connectivity index (χ3n) is 9.06. The topological polar surface area (TPSA) is 116 Å². The zero-order valence-corrected chi connectivity index (χ0v) is 26.1. The Morgan fingerprint density at radius 3 is 2.12 bits per heavy atom. The summed E-state index contributed by atoms with van der Waals surface area (Å²) in [6, 6.07) is 4.83. The zero-order valence-electron chi connectivity index (χ0n) is 26.1. The Hall–Kier alpha value is -3.23. The molecule has 3 fully saturated rings. The molecule has 0 bridgehead atoms. The molecule has 4 unspecified atom stereocenters. The standard InChI is InChI=1S/C33H48N4O5/c1-20(2)18-25(35-30(40)23-12-14-24(15-13-23)33(4,5)6)31(41)36-17-16-26-29(36)27(39)19-37(26)32(42)28(34-21(3)38)22-10-8-7-9-11-22/h12-15,20,22,25-26,28-29H,7-11,16-19H2,1-6H3,(H,34,38)(H,35,40). The quantitative estimate of drug-likeness (QED) is 0.488. The van der Waals surface area contributed by atoms with Gasteiger partial charge in [0.2, 0.25) is 17.7 Å². The second-order valence-electron chi connectivity index (χ2n) is 13.8. The number of carbonyl (C=O) groups is 5. The van der Waals surface area contributed by atoms with Crippen LogP contribution in [0.4, 0.5) is 0 Å². The van der Waals surface area contributed by atoms with E-state index in [2.05, 4.69) is 31.4 Å². The van der Waals surface area contributed by atoms with E-state index < -0.39 is 24.2 Å². The summed E-state index contributed by atoms with van der Waals surface area (Å²) in [5.74, 6) is -1.09. The van der Waals surface area contributed by atoms with Gasteiger partial charge in [0.1, 0.15) is 18.1 Å². The summed E-state index contributed by atoms with van der Waals surface area (Å²) in [5, 5.41) is 5.82. The minimum absolute atomic E-state index is 0.0426. The van der Waals surface area contributed by atoms with Gasteiger partial charge in [-0.3, -0.25) is 24.0 Å². The Bertz CT molecular complexity index is 1180. The first-order valence-corrected chi connectivity index (χ1v) is 15.6. The molecule has 2 saturated heterocycles. The van der Waals surface area contributed by atoms with Crippen molar-refractivity contribution < 1.29 is 24.0 Å². The number of nitrogens with zero attached hydrogens (tertiary/aromatic N) is 2. The van der Waals surface area contributed by atoms with E-state index in [1.165, 1.54) is 6.92 Å². The maximum Gasteiger partial charge on any atom is 0.251 e. The van der Waals surface area contributed by atoms with Gasteiger partial charge in [-0.1, -0.05) is 66.0 Å². The molecule has 1 aromatic rings. The second kappa shape index (κ2) is 13.0. The molecule has 1 aromatic carbocycles. The van der Waals surface area contributed by atoms with Crippen molar-refractivity contribution in [3.8, 4) is 0 Å². The molecular weight excluding hydrogens is 532 g/mol. The Balaban J connectivity index is 1.49. The van der Waals surface area contributed by atoms with E-state index >= 15 is 0 Å². The van der Waals surface area contributed by atoms with Crippen molar-refractivity contribution in [1.82, 2.24) is 20.4 Å². The highest BCUT2D eigenvalue weighted by molar-refractivity contribution is 6.01. The van der Waals surface area contributed by atoms with Crippen LogP contribution in [0.1, 0.15) is 102 Å². The van der Waals surface area contributed by atoms with Crippen LogP contribution in [0.2, 0.25) is 0 Å². The second-order valence-corrected chi connectivity index (χ2v) is 13.8. The van der Waals surface area contributed by atoms with Gasteiger partial charge in [0.25, 0.3) is 5.91 Å². The number of likely N-dealkylation sites (tertiary alicyclic amines) is 2. The first-order chi connectivity index (χ1) is 19.8. The number of hydrogen-bond acceptors (Lipinski definition) is 5. The smallest absolute Gasteiger partial charge is 0.251 e. The lowest BCUT2D eigenvalue weighted by atomic mass is 9.83. The minimum atomic E-state index is -0.787. The van der Waals surface area contributed by atoms with Crippen molar-refractivity contribution in [2.75, 3.05) is 13.1 Å².